The molecule has 1 heterocycles. The summed E-state index contributed by atoms with van der Waals surface area (Å²) in [7, 11) is 0. The van der Waals surface area contributed by atoms with Gasteiger partial charge in [0, 0.05) is 23.4 Å². The number of hydrogen-bond acceptors (Lipinski definition) is 4. The van der Waals surface area contributed by atoms with Gasteiger partial charge in [0.05, 0.1) is 11.7 Å². The predicted molar refractivity (Wildman–Crippen MR) is 113 cm³/mol. The number of carbonyl (C=O) groups excluding carboxylic acids is 2. The van der Waals surface area contributed by atoms with E-state index in [0.717, 1.165) is 19.4 Å². The van der Waals surface area contributed by atoms with Crippen molar-refractivity contribution in [2.24, 2.45) is 5.41 Å². The summed E-state index contributed by atoms with van der Waals surface area (Å²) in [6.07, 6.45) is 2.09. The second-order valence-electron chi connectivity index (χ2n) is 8.18. The van der Waals surface area contributed by atoms with Gasteiger partial charge in [0.1, 0.15) is 12.4 Å². The quantitative estimate of drug-likeness (QED) is 0.755. The maximum Gasteiger partial charge on any atom is 0.259 e. The molecule has 0 radical (unpaired) electrons. The largest absolute Gasteiger partial charge is 0.490 e. The fourth-order valence-electron chi connectivity index (χ4n) is 2.93. The topological polar surface area (TPSA) is 76.7 Å². The van der Waals surface area contributed by atoms with Crippen molar-refractivity contribution in [1.82, 2.24) is 0 Å². The average molecular weight is 396 g/mol. The van der Waals surface area contributed by atoms with Gasteiger partial charge in [0.25, 0.3) is 5.91 Å². The molecular formula is C23H28N2O4. The molecule has 2 aromatic rings. The van der Waals surface area contributed by atoms with Crippen LogP contribution >= 0.6 is 0 Å². The lowest BCUT2D eigenvalue weighted by atomic mass is 9.95. The van der Waals surface area contributed by atoms with Crippen LogP contribution in [-0.4, -0.2) is 31.1 Å². The molecule has 1 aliphatic heterocycles. The molecule has 0 spiro atoms. The van der Waals surface area contributed by atoms with Crippen molar-refractivity contribution in [2.75, 3.05) is 23.8 Å². The first-order chi connectivity index (χ1) is 13.8. The number of rotatable bonds is 6. The Kier molecular flexibility index (Phi) is 6.54. The molecule has 2 aromatic carbocycles. The number of carbonyl (C=O) groups is 2. The third-order valence-electron chi connectivity index (χ3n) is 4.64. The maximum absolute atomic E-state index is 12.8. The third kappa shape index (κ3) is 5.81. The molecule has 1 aliphatic rings. The summed E-state index contributed by atoms with van der Waals surface area (Å²) in [6, 6.07) is 14.2. The van der Waals surface area contributed by atoms with Gasteiger partial charge in [-0.2, -0.15) is 0 Å². The van der Waals surface area contributed by atoms with E-state index in [4.69, 9.17) is 9.47 Å². The fraction of sp³-hybridized carbons (Fsp3) is 0.391. The number of benzene rings is 2. The summed E-state index contributed by atoms with van der Waals surface area (Å²) in [5, 5.41) is 5.75. The number of ether oxygens (including phenoxy) is 2. The monoisotopic (exact) mass is 396 g/mol. The van der Waals surface area contributed by atoms with Gasteiger partial charge < -0.3 is 20.1 Å². The molecule has 0 unspecified atom stereocenters. The molecule has 3 rings (SSSR count). The predicted octanol–water partition coefficient (Wildman–Crippen LogP) is 4.48. The Bertz CT molecular complexity index is 867. The molecule has 6 heteroatoms. The lowest BCUT2D eigenvalue weighted by molar-refractivity contribution is -0.123. The van der Waals surface area contributed by atoms with Crippen LogP contribution in [0.4, 0.5) is 11.4 Å². The molecule has 6 nitrogen and oxygen atoms in total. The normalized spacial score (nSPS) is 16.3. The number of amides is 2. The standard InChI is InChI=1S/C23H28N2O4/c1-23(2,3)22(27)25-17-9-6-8-16(14-17)24-21(26)19-11-4-5-12-20(19)29-15-18-10-7-13-28-18/h4-6,8-9,11-12,14,18H,7,10,13,15H2,1-3H3,(H,24,26)(H,25,27)/t18-/m0/s1. The van der Waals surface area contributed by atoms with E-state index in [0.29, 0.717) is 29.3 Å². The van der Waals surface area contributed by atoms with E-state index in [1.807, 2.05) is 26.8 Å². The van der Waals surface area contributed by atoms with Gasteiger partial charge in [-0.05, 0) is 43.2 Å². The van der Waals surface area contributed by atoms with Crippen molar-refractivity contribution < 1.29 is 19.1 Å². The zero-order valence-electron chi connectivity index (χ0n) is 17.2. The molecule has 1 fully saturated rings. The molecule has 154 valence electrons. The zero-order chi connectivity index (χ0) is 20.9. The maximum atomic E-state index is 12.8. The Morgan fingerprint density at radius 3 is 2.48 bits per heavy atom. The first-order valence-corrected chi connectivity index (χ1v) is 9.89. The smallest absolute Gasteiger partial charge is 0.259 e. The van der Waals surface area contributed by atoms with Crippen molar-refractivity contribution in [3.63, 3.8) is 0 Å². The number of nitrogens with one attached hydrogen (secondary N) is 2. The van der Waals surface area contributed by atoms with Crippen LogP contribution in [0.25, 0.3) is 0 Å². The van der Waals surface area contributed by atoms with E-state index in [1.54, 1.807) is 42.5 Å². The summed E-state index contributed by atoms with van der Waals surface area (Å²) in [5.74, 6) is 0.166. The minimum Gasteiger partial charge on any atom is -0.490 e. The Morgan fingerprint density at radius 1 is 1.07 bits per heavy atom. The molecule has 0 saturated carbocycles. The van der Waals surface area contributed by atoms with Crippen molar-refractivity contribution in [2.45, 2.75) is 39.7 Å². The number of anilines is 2. The molecule has 1 saturated heterocycles. The highest BCUT2D eigenvalue weighted by molar-refractivity contribution is 6.06. The molecule has 0 aliphatic carbocycles. The summed E-state index contributed by atoms with van der Waals surface area (Å²) < 4.78 is 11.4. The van der Waals surface area contributed by atoms with Crippen molar-refractivity contribution in [3.8, 4) is 5.75 Å². The molecule has 29 heavy (non-hydrogen) atoms. The van der Waals surface area contributed by atoms with Gasteiger partial charge in [-0.3, -0.25) is 9.59 Å². The van der Waals surface area contributed by atoms with Crippen LogP contribution in [0.15, 0.2) is 48.5 Å². The number of para-hydroxylation sites is 1. The van der Waals surface area contributed by atoms with E-state index in [-0.39, 0.29) is 17.9 Å². The zero-order valence-corrected chi connectivity index (χ0v) is 17.2. The van der Waals surface area contributed by atoms with E-state index < -0.39 is 5.41 Å². The Morgan fingerprint density at radius 2 is 1.79 bits per heavy atom. The van der Waals surface area contributed by atoms with Gasteiger partial charge in [0.15, 0.2) is 0 Å². The highest BCUT2D eigenvalue weighted by Crippen LogP contribution is 2.23. The van der Waals surface area contributed by atoms with Gasteiger partial charge in [0.2, 0.25) is 5.91 Å². The van der Waals surface area contributed by atoms with Crippen LogP contribution in [0.5, 0.6) is 5.75 Å². The van der Waals surface area contributed by atoms with Crippen LogP contribution in [0.1, 0.15) is 44.0 Å². The lowest BCUT2D eigenvalue weighted by Crippen LogP contribution is -2.27. The second kappa shape index (κ2) is 9.09. The average Bonchev–Trinajstić information content (AvgIpc) is 3.20. The first-order valence-electron chi connectivity index (χ1n) is 9.89. The van der Waals surface area contributed by atoms with E-state index >= 15 is 0 Å². The summed E-state index contributed by atoms with van der Waals surface area (Å²) >= 11 is 0. The van der Waals surface area contributed by atoms with E-state index in [1.165, 1.54) is 0 Å². The fourth-order valence-corrected chi connectivity index (χ4v) is 2.93. The Labute approximate surface area is 171 Å². The van der Waals surface area contributed by atoms with Gasteiger partial charge in [-0.25, -0.2) is 0 Å². The highest BCUT2D eigenvalue weighted by Gasteiger charge is 2.21. The van der Waals surface area contributed by atoms with Crippen LogP contribution < -0.4 is 15.4 Å². The number of hydrogen-bond donors (Lipinski definition) is 2. The van der Waals surface area contributed by atoms with E-state index in [9.17, 15) is 9.59 Å². The Hall–Kier alpha value is -2.86. The lowest BCUT2D eigenvalue weighted by Gasteiger charge is -2.18. The summed E-state index contributed by atoms with van der Waals surface area (Å²) in [4.78, 5) is 25.0. The van der Waals surface area contributed by atoms with Gasteiger partial charge in [-0.1, -0.05) is 39.0 Å². The molecular weight excluding hydrogens is 368 g/mol. The van der Waals surface area contributed by atoms with Crippen LogP contribution in [0.2, 0.25) is 0 Å². The van der Waals surface area contributed by atoms with E-state index in [2.05, 4.69) is 10.6 Å². The highest BCUT2D eigenvalue weighted by atomic mass is 16.5. The van der Waals surface area contributed by atoms with Crippen molar-refractivity contribution in [3.05, 3.63) is 54.1 Å². The Balaban J connectivity index is 1.67. The molecule has 0 bridgehead atoms. The first kappa shape index (κ1) is 20.9. The van der Waals surface area contributed by atoms with Crippen LogP contribution in [-0.2, 0) is 9.53 Å². The third-order valence-corrected chi connectivity index (χ3v) is 4.64. The molecule has 0 aromatic heterocycles. The van der Waals surface area contributed by atoms with Gasteiger partial charge >= 0.3 is 0 Å². The van der Waals surface area contributed by atoms with Gasteiger partial charge in [-0.15, -0.1) is 0 Å². The van der Waals surface area contributed by atoms with Crippen molar-refractivity contribution in [1.29, 1.82) is 0 Å². The summed E-state index contributed by atoms with van der Waals surface area (Å²) in [6.45, 7) is 6.74. The van der Waals surface area contributed by atoms with Crippen molar-refractivity contribution >= 4 is 23.2 Å². The molecule has 2 N–H and O–H groups in total. The SMILES string of the molecule is CC(C)(C)C(=O)Nc1cccc(NC(=O)c2ccccc2OC[C@@H]2CCCO2)c1. The minimum absolute atomic E-state index is 0.0780. The second-order valence-corrected chi connectivity index (χ2v) is 8.18. The molecule has 1 atom stereocenters. The van der Waals surface area contributed by atoms with Crippen LogP contribution in [0.3, 0.4) is 0 Å². The molecule has 2 amide bonds. The summed E-state index contributed by atoms with van der Waals surface area (Å²) in [5.41, 5.74) is 1.18. The van der Waals surface area contributed by atoms with Crippen LogP contribution in [0, 0.1) is 5.41 Å². The minimum atomic E-state index is -0.501.